The molecule has 0 fully saturated rings. The SMILES string of the molecule is FC(F)(F)C(F)(F)C(F)(F)C(Cc1ccccc1Br)(C(F)(F)F)C(F)(F)F. The highest BCUT2D eigenvalue weighted by Crippen LogP contribution is 2.66. The van der Waals surface area contributed by atoms with Gasteiger partial charge in [-0.3, -0.25) is 0 Å². The van der Waals surface area contributed by atoms with E-state index in [2.05, 4.69) is 15.9 Å². The van der Waals surface area contributed by atoms with Gasteiger partial charge in [0.2, 0.25) is 5.41 Å². The van der Waals surface area contributed by atoms with Gasteiger partial charge in [-0.25, -0.2) is 0 Å². The maximum absolute atomic E-state index is 13.9. The molecular weight excluding hydrogens is 483 g/mol. The zero-order valence-electron chi connectivity index (χ0n) is 12.3. The van der Waals surface area contributed by atoms with Crippen molar-refractivity contribution >= 4 is 15.9 Å². The molecule has 0 aliphatic heterocycles. The number of hydrogen-bond donors (Lipinski definition) is 0. The summed E-state index contributed by atoms with van der Waals surface area (Å²) in [6.45, 7) is 0. The first-order valence-corrected chi connectivity index (χ1v) is 7.22. The normalized spacial score (nSPS) is 15.2. The van der Waals surface area contributed by atoms with Crippen molar-refractivity contribution in [2.24, 2.45) is 5.41 Å². The Morgan fingerprint density at radius 2 is 1.00 bits per heavy atom. The summed E-state index contributed by atoms with van der Waals surface area (Å²) in [7, 11) is 0. The number of benzene rings is 1. The van der Waals surface area contributed by atoms with Crippen molar-refractivity contribution in [2.75, 3.05) is 0 Å². The predicted octanol–water partition coefficient (Wildman–Crippen LogP) is 6.94. The Morgan fingerprint density at radius 3 is 1.33 bits per heavy atom. The summed E-state index contributed by atoms with van der Waals surface area (Å²) >= 11 is 2.45. The third-order valence-electron chi connectivity index (χ3n) is 3.67. The van der Waals surface area contributed by atoms with E-state index in [1.54, 1.807) is 0 Å². The lowest BCUT2D eigenvalue weighted by Gasteiger charge is -2.45. The molecule has 0 aliphatic rings. The second-order valence-electron chi connectivity index (χ2n) is 5.32. The van der Waals surface area contributed by atoms with Gasteiger partial charge in [0, 0.05) is 10.9 Å². The van der Waals surface area contributed by atoms with Crippen LogP contribution >= 0.6 is 15.9 Å². The van der Waals surface area contributed by atoms with E-state index in [0.29, 0.717) is 6.07 Å². The lowest BCUT2D eigenvalue weighted by Crippen LogP contribution is -2.71. The minimum absolute atomic E-state index is 0.443. The van der Waals surface area contributed by atoms with E-state index in [4.69, 9.17) is 0 Å². The number of rotatable bonds is 4. The highest BCUT2D eigenvalue weighted by Gasteiger charge is 2.91. The van der Waals surface area contributed by atoms with Crippen molar-refractivity contribution in [3.8, 4) is 0 Å². The van der Waals surface area contributed by atoms with Crippen LogP contribution in [0.4, 0.5) is 57.1 Å². The van der Waals surface area contributed by atoms with Crippen molar-refractivity contribution in [2.45, 2.75) is 36.8 Å². The van der Waals surface area contributed by atoms with Gasteiger partial charge in [-0.05, 0) is 11.6 Å². The first kappa shape index (κ1) is 23.8. The van der Waals surface area contributed by atoms with Crippen LogP contribution in [0.25, 0.3) is 0 Å². The van der Waals surface area contributed by atoms with E-state index in [0.717, 1.165) is 18.2 Å². The summed E-state index contributed by atoms with van der Waals surface area (Å²) in [5, 5.41) is 0. The van der Waals surface area contributed by atoms with Crippen molar-refractivity contribution < 1.29 is 57.1 Å². The third kappa shape index (κ3) is 3.60. The lowest BCUT2D eigenvalue weighted by atomic mass is 9.71. The van der Waals surface area contributed by atoms with E-state index in [1.165, 1.54) is 0 Å². The van der Waals surface area contributed by atoms with Gasteiger partial charge in [-0.2, -0.15) is 57.1 Å². The van der Waals surface area contributed by atoms with Gasteiger partial charge in [-0.15, -0.1) is 0 Å². The highest BCUT2D eigenvalue weighted by molar-refractivity contribution is 9.10. The van der Waals surface area contributed by atoms with Crippen LogP contribution in [0.15, 0.2) is 28.7 Å². The summed E-state index contributed by atoms with van der Waals surface area (Å²) < 4.78 is 169. The van der Waals surface area contributed by atoms with Gasteiger partial charge < -0.3 is 0 Å². The molecule has 27 heavy (non-hydrogen) atoms. The average Bonchev–Trinajstić information content (AvgIpc) is 2.41. The Morgan fingerprint density at radius 1 is 0.593 bits per heavy atom. The number of halogens is 14. The Hall–Kier alpha value is -1.21. The molecule has 0 N–H and O–H groups in total. The maximum Gasteiger partial charge on any atom is 0.459 e. The average molecular weight is 489 g/mol. The van der Waals surface area contributed by atoms with Crippen LogP contribution in [-0.4, -0.2) is 30.4 Å². The molecular formula is C13H6BrF13. The zero-order valence-corrected chi connectivity index (χ0v) is 13.9. The van der Waals surface area contributed by atoms with Crippen LogP contribution in [0.2, 0.25) is 0 Å². The van der Waals surface area contributed by atoms with Crippen LogP contribution in [0.1, 0.15) is 5.56 Å². The Labute approximate surface area is 150 Å². The Bertz CT molecular complexity index is 654. The molecule has 14 heteroatoms. The minimum Gasteiger partial charge on any atom is -0.198 e. The molecule has 156 valence electrons. The highest BCUT2D eigenvalue weighted by atomic mass is 79.9. The van der Waals surface area contributed by atoms with Crippen molar-refractivity contribution in [3.05, 3.63) is 34.3 Å². The number of hydrogen-bond acceptors (Lipinski definition) is 0. The fourth-order valence-corrected chi connectivity index (χ4v) is 2.63. The van der Waals surface area contributed by atoms with Crippen molar-refractivity contribution in [1.82, 2.24) is 0 Å². The summed E-state index contributed by atoms with van der Waals surface area (Å²) in [6.07, 6.45) is -24.7. The molecule has 0 radical (unpaired) electrons. The molecule has 1 aromatic carbocycles. The fraction of sp³-hybridized carbons (Fsp3) is 0.538. The van der Waals surface area contributed by atoms with Gasteiger partial charge in [-0.1, -0.05) is 34.1 Å². The standard InChI is InChI=1S/C13H6BrF13/c14-7-4-2-1-3-6(7)5-8(11(19,20)21,12(22,23)24)9(15,16)10(17,18)13(25,26)27/h1-4H,5H2. The number of alkyl halides is 13. The molecule has 0 aliphatic carbocycles. The van der Waals surface area contributed by atoms with Gasteiger partial charge in [0.05, 0.1) is 0 Å². The van der Waals surface area contributed by atoms with Crippen molar-refractivity contribution in [3.63, 3.8) is 0 Å². The van der Waals surface area contributed by atoms with E-state index in [-0.39, 0.29) is 0 Å². The van der Waals surface area contributed by atoms with E-state index < -0.39 is 52.2 Å². The van der Waals surface area contributed by atoms with Crippen LogP contribution in [0, 0.1) is 5.41 Å². The Balaban J connectivity index is 3.92. The van der Waals surface area contributed by atoms with Gasteiger partial charge >= 0.3 is 30.4 Å². The molecule has 0 saturated heterocycles. The summed E-state index contributed by atoms with van der Waals surface area (Å²) in [4.78, 5) is 0. The van der Waals surface area contributed by atoms with Crippen molar-refractivity contribution in [1.29, 1.82) is 0 Å². The monoisotopic (exact) mass is 488 g/mol. The van der Waals surface area contributed by atoms with Crippen LogP contribution in [-0.2, 0) is 6.42 Å². The summed E-state index contributed by atoms with van der Waals surface area (Å²) in [5.41, 5.74) is -7.93. The predicted molar refractivity (Wildman–Crippen MR) is 68.3 cm³/mol. The van der Waals surface area contributed by atoms with Gasteiger partial charge in [0.1, 0.15) is 0 Å². The summed E-state index contributed by atoms with van der Waals surface area (Å²) in [6, 6.07) is 3.07. The van der Waals surface area contributed by atoms with E-state index >= 15 is 0 Å². The van der Waals surface area contributed by atoms with Crippen LogP contribution in [0.5, 0.6) is 0 Å². The maximum atomic E-state index is 13.9. The molecule has 0 amide bonds. The molecule has 1 aromatic rings. The molecule has 0 heterocycles. The smallest absolute Gasteiger partial charge is 0.198 e. The Kier molecular flexibility index (Phi) is 5.91. The first-order chi connectivity index (χ1) is 11.7. The first-order valence-electron chi connectivity index (χ1n) is 6.43. The lowest BCUT2D eigenvalue weighted by molar-refractivity contribution is -0.460. The minimum atomic E-state index is -7.63. The molecule has 0 nitrogen and oxygen atoms in total. The molecule has 0 spiro atoms. The molecule has 0 aromatic heterocycles. The molecule has 0 saturated carbocycles. The second kappa shape index (κ2) is 6.69. The van der Waals surface area contributed by atoms with E-state index in [1.807, 2.05) is 0 Å². The second-order valence-corrected chi connectivity index (χ2v) is 6.17. The zero-order chi connectivity index (χ0) is 21.7. The fourth-order valence-electron chi connectivity index (χ4n) is 2.20. The van der Waals surface area contributed by atoms with Crippen LogP contribution in [0.3, 0.4) is 0 Å². The topological polar surface area (TPSA) is 0 Å². The van der Waals surface area contributed by atoms with Crippen LogP contribution < -0.4 is 0 Å². The molecule has 0 bridgehead atoms. The quantitative estimate of drug-likeness (QED) is 0.403. The summed E-state index contributed by atoms with van der Waals surface area (Å²) in [5.74, 6) is -15.3. The van der Waals surface area contributed by atoms with E-state index in [9.17, 15) is 57.1 Å². The molecule has 0 atom stereocenters. The van der Waals surface area contributed by atoms with Gasteiger partial charge in [0.25, 0.3) is 0 Å². The third-order valence-corrected chi connectivity index (χ3v) is 4.44. The molecule has 0 unspecified atom stereocenters. The van der Waals surface area contributed by atoms with Gasteiger partial charge in [0.15, 0.2) is 0 Å². The molecule has 1 rings (SSSR count). The largest absolute Gasteiger partial charge is 0.459 e.